The van der Waals surface area contributed by atoms with E-state index in [0.717, 1.165) is 44.9 Å². The van der Waals surface area contributed by atoms with Gasteiger partial charge in [0.05, 0.1) is 0 Å². The lowest BCUT2D eigenvalue weighted by molar-refractivity contribution is -0.790. The SMILES string of the molecule is CCC12CC(C)CC(CC(CO[N+](=O)[O-])O[N+](=O)[O-])(CC(C)(CCN)C1)C2. The van der Waals surface area contributed by atoms with Gasteiger partial charge < -0.3 is 15.4 Å². The van der Waals surface area contributed by atoms with Gasteiger partial charge in [-0.05, 0) is 73.7 Å². The summed E-state index contributed by atoms with van der Waals surface area (Å²) in [5, 5.41) is 19.7. The number of fused-ring (bicyclic) bond motifs is 2. The van der Waals surface area contributed by atoms with Crippen molar-refractivity contribution in [2.75, 3.05) is 13.2 Å². The van der Waals surface area contributed by atoms with Crippen LogP contribution in [0.15, 0.2) is 0 Å². The first-order valence-corrected chi connectivity index (χ1v) is 9.83. The zero-order valence-corrected chi connectivity index (χ0v) is 16.6. The fraction of sp³-hybridized carbons (Fsp3) is 1.00. The molecular weight excluding hydrogens is 354 g/mol. The molecule has 9 nitrogen and oxygen atoms in total. The van der Waals surface area contributed by atoms with Crippen molar-refractivity contribution in [3.05, 3.63) is 20.2 Å². The summed E-state index contributed by atoms with van der Waals surface area (Å²) >= 11 is 0. The van der Waals surface area contributed by atoms with Gasteiger partial charge >= 0.3 is 0 Å². The number of nitrogens with zero attached hydrogens (tertiary/aromatic N) is 2. The van der Waals surface area contributed by atoms with E-state index in [1.54, 1.807) is 0 Å². The Morgan fingerprint density at radius 2 is 1.78 bits per heavy atom. The molecule has 0 radical (unpaired) electrons. The Hall–Kier alpha value is -1.64. The van der Waals surface area contributed by atoms with Crippen LogP contribution in [0.5, 0.6) is 0 Å². The monoisotopic (exact) mass is 387 g/mol. The smallest absolute Gasteiger partial charge is 0.294 e. The van der Waals surface area contributed by atoms with E-state index >= 15 is 0 Å². The summed E-state index contributed by atoms with van der Waals surface area (Å²) in [5.41, 5.74) is 6.02. The fourth-order valence-corrected chi connectivity index (χ4v) is 6.66. The summed E-state index contributed by atoms with van der Waals surface area (Å²) < 4.78 is 0. The second kappa shape index (κ2) is 8.16. The van der Waals surface area contributed by atoms with Crippen LogP contribution >= 0.6 is 0 Å². The first kappa shape index (κ1) is 21.7. The van der Waals surface area contributed by atoms with Gasteiger partial charge in [-0.1, -0.05) is 27.2 Å². The molecule has 0 spiro atoms. The highest BCUT2D eigenvalue weighted by atomic mass is 17.0. The van der Waals surface area contributed by atoms with Crippen LogP contribution in [0.2, 0.25) is 0 Å². The molecule has 9 heteroatoms. The van der Waals surface area contributed by atoms with Crippen LogP contribution in [0.3, 0.4) is 0 Å². The predicted octanol–water partition coefficient (Wildman–Crippen LogP) is 3.51. The number of rotatable bonds is 10. The predicted molar refractivity (Wildman–Crippen MR) is 98.6 cm³/mol. The van der Waals surface area contributed by atoms with E-state index in [1.165, 1.54) is 0 Å². The van der Waals surface area contributed by atoms with E-state index in [9.17, 15) is 20.2 Å². The van der Waals surface area contributed by atoms with Crippen molar-refractivity contribution in [1.82, 2.24) is 0 Å². The molecule has 2 rings (SSSR count). The molecule has 2 bridgehead atoms. The van der Waals surface area contributed by atoms with Gasteiger partial charge in [0.25, 0.3) is 10.2 Å². The molecule has 2 N–H and O–H groups in total. The van der Waals surface area contributed by atoms with Gasteiger partial charge in [-0.2, -0.15) is 0 Å². The van der Waals surface area contributed by atoms with Gasteiger partial charge in [-0.3, -0.25) is 0 Å². The van der Waals surface area contributed by atoms with Crippen LogP contribution in [0.25, 0.3) is 0 Å². The Morgan fingerprint density at radius 3 is 2.33 bits per heavy atom. The maximum Gasteiger partial charge on any atom is 0.294 e. The van der Waals surface area contributed by atoms with Crippen LogP contribution in [-0.2, 0) is 9.68 Å². The van der Waals surface area contributed by atoms with Crippen molar-refractivity contribution in [1.29, 1.82) is 0 Å². The molecule has 0 heterocycles. The molecule has 0 aliphatic heterocycles. The van der Waals surface area contributed by atoms with Crippen LogP contribution in [0, 0.1) is 42.4 Å². The minimum absolute atomic E-state index is 0.0757. The fourth-order valence-electron chi connectivity index (χ4n) is 6.66. The Bertz CT molecular complexity index is 561. The first-order valence-electron chi connectivity index (χ1n) is 9.83. The average Bonchev–Trinajstić information content (AvgIpc) is 2.50. The van der Waals surface area contributed by atoms with Gasteiger partial charge in [0.1, 0.15) is 12.7 Å². The molecule has 5 atom stereocenters. The maximum atomic E-state index is 10.9. The second-order valence-electron chi connectivity index (χ2n) is 9.42. The second-order valence-corrected chi connectivity index (χ2v) is 9.42. The Balaban J connectivity index is 2.29. The lowest BCUT2D eigenvalue weighted by atomic mass is 9.44. The molecule has 2 aliphatic rings. The van der Waals surface area contributed by atoms with Gasteiger partial charge in [0, 0.05) is 0 Å². The summed E-state index contributed by atoms with van der Waals surface area (Å²) in [5.74, 6) is 0.508. The summed E-state index contributed by atoms with van der Waals surface area (Å²) in [7, 11) is 0. The minimum Gasteiger partial charge on any atom is -0.330 e. The van der Waals surface area contributed by atoms with E-state index in [4.69, 9.17) is 10.6 Å². The first-order chi connectivity index (χ1) is 12.5. The molecule has 2 fully saturated rings. The van der Waals surface area contributed by atoms with E-state index in [1.807, 2.05) is 0 Å². The maximum absolute atomic E-state index is 10.9. The van der Waals surface area contributed by atoms with Crippen LogP contribution < -0.4 is 5.73 Å². The molecule has 2 aliphatic carbocycles. The summed E-state index contributed by atoms with van der Waals surface area (Å²) in [4.78, 5) is 30.7. The topological polar surface area (TPSA) is 131 Å². The van der Waals surface area contributed by atoms with Crippen molar-refractivity contribution in [2.45, 2.75) is 78.2 Å². The van der Waals surface area contributed by atoms with Crippen LogP contribution in [0.4, 0.5) is 0 Å². The number of hydrogen-bond donors (Lipinski definition) is 1. The third-order valence-corrected chi connectivity index (χ3v) is 6.68. The number of nitrogens with two attached hydrogens (primary N) is 1. The molecule has 0 amide bonds. The molecule has 2 saturated carbocycles. The van der Waals surface area contributed by atoms with E-state index < -0.39 is 22.9 Å². The molecule has 0 saturated heterocycles. The molecule has 5 unspecified atom stereocenters. The van der Waals surface area contributed by atoms with Gasteiger partial charge in [0.2, 0.25) is 0 Å². The molecule has 27 heavy (non-hydrogen) atoms. The van der Waals surface area contributed by atoms with Gasteiger partial charge in [-0.25, -0.2) is 0 Å². The zero-order valence-electron chi connectivity index (χ0n) is 16.6. The minimum atomic E-state index is -0.939. The third kappa shape index (κ3) is 5.43. The van der Waals surface area contributed by atoms with E-state index in [-0.39, 0.29) is 16.2 Å². The van der Waals surface area contributed by atoms with Crippen molar-refractivity contribution < 1.29 is 19.8 Å². The highest BCUT2D eigenvalue weighted by molar-refractivity contribution is 5.06. The highest BCUT2D eigenvalue weighted by Crippen LogP contribution is 2.65. The van der Waals surface area contributed by atoms with Crippen molar-refractivity contribution in [3.63, 3.8) is 0 Å². The largest absolute Gasteiger partial charge is 0.330 e. The van der Waals surface area contributed by atoms with E-state index in [0.29, 0.717) is 18.9 Å². The summed E-state index contributed by atoms with van der Waals surface area (Å²) in [6.07, 6.45) is 6.55. The number of hydrogen-bond acceptors (Lipinski definition) is 7. The van der Waals surface area contributed by atoms with Crippen molar-refractivity contribution in [3.8, 4) is 0 Å². The lowest BCUT2D eigenvalue weighted by Gasteiger charge is -2.61. The van der Waals surface area contributed by atoms with Gasteiger partial charge in [0.15, 0.2) is 0 Å². The Kier molecular flexibility index (Phi) is 6.55. The van der Waals surface area contributed by atoms with Crippen LogP contribution in [0.1, 0.15) is 72.1 Å². The Morgan fingerprint density at radius 1 is 1.15 bits per heavy atom. The molecule has 156 valence electrons. The standard InChI is InChI=1S/C18H33N3O6/c1-4-17-7-14(2)8-18(13-17,12-16(3,11-17)5-6-19)9-15(27-21(24)25)10-26-20(22)23/h14-15H,4-13,19H2,1-3H3. The van der Waals surface area contributed by atoms with Crippen molar-refractivity contribution >= 4 is 0 Å². The molecule has 0 aromatic rings. The van der Waals surface area contributed by atoms with Gasteiger partial charge in [-0.15, -0.1) is 20.2 Å². The molecule has 0 aromatic carbocycles. The summed E-state index contributed by atoms with van der Waals surface area (Å²) in [6, 6.07) is 0. The lowest BCUT2D eigenvalue weighted by Crippen LogP contribution is -2.51. The van der Waals surface area contributed by atoms with E-state index in [2.05, 4.69) is 25.6 Å². The molecule has 0 aromatic heterocycles. The quantitative estimate of drug-likeness (QED) is 0.448. The normalized spacial score (nSPS) is 36.7. The van der Waals surface area contributed by atoms with Crippen LogP contribution in [-0.4, -0.2) is 29.4 Å². The molecular formula is C18H33N3O6. The average molecular weight is 387 g/mol. The Labute approximate surface area is 160 Å². The zero-order chi connectivity index (χ0) is 20.3. The van der Waals surface area contributed by atoms with Crippen molar-refractivity contribution in [2.24, 2.45) is 27.9 Å². The third-order valence-electron chi connectivity index (χ3n) is 6.68. The highest BCUT2D eigenvalue weighted by Gasteiger charge is 2.55. The summed E-state index contributed by atoms with van der Waals surface area (Å²) in [6.45, 7) is 6.92.